The van der Waals surface area contributed by atoms with E-state index in [0.29, 0.717) is 24.2 Å². The first-order valence-corrected chi connectivity index (χ1v) is 11.4. The molecule has 3 fully saturated rings. The number of nitrogens with zero attached hydrogens (tertiary/aromatic N) is 7. The molecule has 1 aliphatic heterocycles. The maximum absolute atomic E-state index is 7.13. The minimum absolute atomic E-state index is 0. The Bertz CT molecular complexity index is 445. The molecule has 30 heavy (non-hydrogen) atoms. The standard InChI is InChI=1S/C18H32N5.2CHNS.Mn/c1-3-7-17-15(5-1)20-11-9-19-10-12-21-16-6-2-4-8-18(16)23-14-13-22-17;2*2-1-3;/h15-18H,1-14H2;2*3H;/q-5;;;/p-2/t15-,16?,17?,18?;;;/m1.../s1. The van der Waals surface area contributed by atoms with Gasteiger partial charge in [-0.05, 0) is 0 Å². The molecule has 3 unspecified atom stereocenters. The normalized spacial score (nSPS) is 30.1. The van der Waals surface area contributed by atoms with Gasteiger partial charge in [0.15, 0.2) is 0 Å². The summed E-state index contributed by atoms with van der Waals surface area (Å²) >= 11 is 7.40. The van der Waals surface area contributed by atoms with Crippen molar-refractivity contribution < 1.29 is 17.1 Å². The predicted molar refractivity (Wildman–Crippen MR) is 124 cm³/mol. The molecule has 3 aliphatic rings. The van der Waals surface area contributed by atoms with Crippen molar-refractivity contribution in [2.45, 2.75) is 75.5 Å². The molecule has 0 aromatic rings. The number of hydrogen-bond donors (Lipinski definition) is 0. The van der Waals surface area contributed by atoms with Crippen molar-refractivity contribution in [3.63, 3.8) is 0 Å². The summed E-state index contributed by atoms with van der Waals surface area (Å²) in [6.07, 6.45) is 10.1. The van der Waals surface area contributed by atoms with Crippen LogP contribution < -0.4 is 0 Å². The average molecular weight is 490 g/mol. The second kappa shape index (κ2) is 20.6. The first kappa shape index (κ1) is 29.7. The van der Waals surface area contributed by atoms with E-state index in [-0.39, 0.29) is 17.1 Å². The third-order valence-corrected chi connectivity index (χ3v) is 5.46. The van der Waals surface area contributed by atoms with Crippen LogP contribution in [0.25, 0.3) is 26.6 Å². The minimum Gasteiger partial charge on any atom is -0.696 e. The third-order valence-electron chi connectivity index (χ3n) is 5.46. The van der Waals surface area contributed by atoms with Crippen molar-refractivity contribution >= 4 is 25.3 Å². The molecule has 2 saturated carbocycles. The van der Waals surface area contributed by atoms with Gasteiger partial charge in [0.2, 0.25) is 0 Å². The summed E-state index contributed by atoms with van der Waals surface area (Å²) in [7, 11) is 0. The van der Waals surface area contributed by atoms with E-state index >= 15 is 0 Å². The van der Waals surface area contributed by atoms with Gasteiger partial charge in [0.25, 0.3) is 0 Å². The van der Waals surface area contributed by atoms with Gasteiger partial charge in [-0.1, -0.05) is 62.2 Å². The minimum atomic E-state index is 0. The van der Waals surface area contributed by atoms with E-state index in [1.54, 1.807) is 0 Å². The Morgan fingerprint density at radius 3 is 1.03 bits per heavy atom. The fourth-order valence-electron chi connectivity index (χ4n) is 4.18. The summed E-state index contributed by atoms with van der Waals surface area (Å²) in [6.45, 7) is 5.21. The Kier molecular flexibility index (Phi) is 20.5. The van der Waals surface area contributed by atoms with Crippen LogP contribution in [0.5, 0.6) is 0 Å². The van der Waals surface area contributed by atoms with Gasteiger partial charge in [-0.3, -0.25) is 0 Å². The molecule has 1 saturated heterocycles. The molecule has 7 nitrogen and oxygen atoms in total. The molecule has 1 heterocycles. The third kappa shape index (κ3) is 13.2. The van der Waals surface area contributed by atoms with Gasteiger partial charge in [0.1, 0.15) is 0 Å². The Morgan fingerprint density at radius 1 is 0.533 bits per heavy atom. The number of thiocyanates is 2. The zero-order chi connectivity index (χ0) is 21.2. The molecule has 0 N–H and O–H groups in total. The average Bonchev–Trinajstić information content (AvgIpc) is 2.73. The number of fused-ring (bicyclic) bond motifs is 2. The fourth-order valence-corrected chi connectivity index (χ4v) is 4.18. The SMILES string of the molecule is C1CCC2[N-]CC[N-]C3CCCC[C@H]3[N-]CC[N-]CC[N-]C2C1.N#C[S-].N#C[S-].[Mn]. The molecule has 4 atom stereocenters. The maximum atomic E-state index is 7.13. The molecule has 1 radical (unpaired) electrons. The van der Waals surface area contributed by atoms with Gasteiger partial charge in [0, 0.05) is 17.1 Å². The zero-order valence-corrected chi connectivity index (χ0v) is 20.3. The summed E-state index contributed by atoms with van der Waals surface area (Å²) in [6, 6.07) is 1.76. The molecular weight excluding hydrogens is 457 g/mol. The summed E-state index contributed by atoms with van der Waals surface area (Å²) in [5.74, 6) is 0. The number of hydrogen-bond acceptors (Lipinski definition) is 4. The van der Waals surface area contributed by atoms with Gasteiger partial charge in [-0.2, -0.15) is 63.4 Å². The second-order valence-corrected chi connectivity index (χ2v) is 7.68. The molecule has 0 bridgehead atoms. The van der Waals surface area contributed by atoms with Gasteiger partial charge in [-0.15, -0.1) is 0 Å². The number of nitriles is 2. The number of rotatable bonds is 0. The summed E-state index contributed by atoms with van der Waals surface area (Å²) in [5, 5.41) is 41.2. The first-order chi connectivity index (χ1) is 14.3. The summed E-state index contributed by atoms with van der Waals surface area (Å²) in [5.41, 5.74) is 0. The van der Waals surface area contributed by atoms with E-state index in [4.69, 9.17) is 31.8 Å². The van der Waals surface area contributed by atoms with Crippen molar-refractivity contribution in [1.82, 2.24) is 0 Å². The van der Waals surface area contributed by atoms with Crippen LogP contribution >= 0.6 is 0 Å². The van der Waals surface area contributed by atoms with Crippen LogP contribution in [0, 0.1) is 21.3 Å². The smallest absolute Gasteiger partial charge is 0 e. The quantitative estimate of drug-likeness (QED) is 0.282. The predicted octanol–water partition coefficient (Wildman–Crippen LogP) is 4.52. The van der Waals surface area contributed by atoms with Crippen LogP contribution in [0.15, 0.2) is 0 Å². The van der Waals surface area contributed by atoms with E-state index in [1.165, 1.54) is 62.2 Å². The Morgan fingerprint density at radius 2 is 0.767 bits per heavy atom. The van der Waals surface area contributed by atoms with Crippen molar-refractivity contribution in [2.75, 3.05) is 39.3 Å². The van der Waals surface area contributed by atoms with Crippen LogP contribution in [0.2, 0.25) is 0 Å². The molecule has 0 aromatic carbocycles. The van der Waals surface area contributed by atoms with Crippen LogP contribution in [-0.2, 0) is 42.3 Å². The Balaban J connectivity index is 0.00000108. The largest absolute Gasteiger partial charge is 0.696 e. The van der Waals surface area contributed by atoms with Crippen molar-refractivity contribution in [1.29, 1.82) is 10.5 Å². The molecule has 173 valence electrons. The first-order valence-electron chi connectivity index (χ1n) is 10.6. The fraction of sp³-hybridized carbons (Fsp3) is 0.900. The molecule has 10 heteroatoms. The van der Waals surface area contributed by atoms with Crippen LogP contribution in [0.4, 0.5) is 0 Å². The van der Waals surface area contributed by atoms with Crippen molar-refractivity contribution in [2.24, 2.45) is 0 Å². The van der Waals surface area contributed by atoms with Crippen LogP contribution in [0.3, 0.4) is 0 Å². The second-order valence-electron chi connectivity index (χ2n) is 7.32. The van der Waals surface area contributed by atoms with Gasteiger partial charge >= 0.3 is 0 Å². The van der Waals surface area contributed by atoms with Gasteiger partial charge in [-0.25, -0.2) is 10.5 Å². The Labute approximate surface area is 204 Å². The van der Waals surface area contributed by atoms with E-state index in [0.717, 1.165) is 39.3 Å². The summed E-state index contributed by atoms with van der Waals surface area (Å²) < 4.78 is 0. The topological polar surface area (TPSA) is 118 Å². The zero-order valence-electron chi connectivity index (χ0n) is 17.5. The molecule has 2 aliphatic carbocycles. The van der Waals surface area contributed by atoms with Gasteiger partial charge < -0.3 is 51.8 Å². The van der Waals surface area contributed by atoms with Crippen molar-refractivity contribution in [3.05, 3.63) is 26.6 Å². The molecule has 0 aromatic heterocycles. The van der Waals surface area contributed by atoms with E-state index in [9.17, 15) is 0 Å². The van der Waals surface area contributed by atoms with E-state index in [1.807, 2.05) is 0 Å². The monoisotopic (exact) mass is 489 g/mol. The molecular formula is C20H32MnN7S2-7. The van der Waals surface area contributed by atoms with E-state index < -0.39 is 0 Å². The van der Waals surface area contributed by atoms with Crippen molar-refractivity contribution in [3.8, 4) is 10.8 Å². The summed E-state index contributed by atoms with van der Waals surface area (Å²) in [4.78, 5) is 0. The molecule has 3 rings (SSSR count). The van der Waals surface area contributed by atoms with Crippen LogP contribution in [-0.4, -0.2) is 63.4 Å². The Hall–Kier alpha value is -0.261. The van der Waals surface area contributed by atoms with E-state index in [2.05, 4.69) is 30.6 Å². The van der Waals surface area contributed by atoms with Crippen LogP contribution in [0.1, 0.15) is 51.4 Å². The molecule has 0 amide bonds. The van der Waals surface area contributed by atoms with Gasteiger partial charge in [0.05, 0.1) is 0 Å². The molecule has 0 spiro atoms. The maximum Gasteiger partial charge on any atom is 0 e.